The van der Waals surface area contributed by atoms with Gasteiger partial charge in [0.1, 0.15) is 5.75 Å². The van der Waals surface area contributed by atoms with E-state index in [1.54, 1.807) is 12.1 Å². The van der Waals surface area contributed by atoms with E-state index in [-0.39, 0.29) is 11.8 Å². The van der Waals surface area contributed by atoms with Crippen molar-refractivity contribution < 1.29 is 17.9 Å². The highest BCUT2D eigenvalue weighted by Crippen LogP contribution is 2.36. The Balaban J connectivity index is 2.38. The van der Waals surface area contributed by atoms with Gasteiger partial charge in [-0.3, -0.25) is 4.90 Å². The van der Waals surface area contributed by atoms with Crippen LogP contribution in [-0.4, -0.2) is 38.2 Å². The van der Waals surface area contributed by atoms with Gasteiger partial charge >= 0.3 is 6.18 Å². The average Bonchev–Trinajstić information content (AvgIpc) is 2.52. The van der Waals surface area contributed by atoms with Crippen molar-refractivity contribution in [3.63, 3.8) is 0 Å². The fourth-order valence-corrected chi connectivity index (χ4v) is 2.74. The molecular formula is C16H21F3N2O. The number of methoxy groups -OCH3 is 1. The number of benzene rings is 1. The molecule has 0 bridgehead atoms. The molecule has 122 valence electrons. The molecule has 0 radical (unpaired) electrons. The molecule has 1 aliphatic rings. The van der Waals surface area contributed by atoms with Gasteiger partial charge in [0.05, 0.1) is 12.7 Å². The first-order valence-electron chi connectivity index (χ1n) is 7.27. The number of alkyl halides is 3. The second kappa shape index (κ2) is 7.15. The maximum Gasteiger partial charge on any atom is 0.416 e. The Kier molecular flexibility index (Phi) is 5.47. The minimum absolute atomic E-state index is 0.115. The van der Waals surface area contributed by atoms with E-state index < -0.39 is 11.7 Å². The zero-order valence-corrected chi connectivity index (χ0v) is 12.6. The number of ether oxygens (including phenoxy) is 1. The number of halogens is 3. The van der Waals surface area contributed by atoms with E-state index >= 15 is 0 Å². The van der Waals surface area contributed by atoms with Gasteiger partial charge in [0.2, 0.25) is 0 Å². The molecule has 0 amide bonds. The molecule has 1 aromatic carbocycles. The number of nitrogens with one attached hydrogen (secondary N) is 1. The van der Waals surface area contributed by atoms with E-state index in [2.05, 4.69) is 16.8 Å². The monoisotopic (exact) mass is 314 g/mol. The quantitative estimate of drug-likeness (QED) is 0.845. The maximum atomic E-state index is 13.1. The average molecular weight is 314 g/mol. The first-order chi connectivity index (χ1) is 10.5. The number of rotatable bonds is 5. The lowest BCUT2D eigenvalue weighted by molar-refractivity contribution is -0.137. The summed E-state index contributed by atoms with van der Waals surface area (Å²) < 4.78 is 44.3. The van der Waals surface area contributed by atoms with Crippen LogP contribution in [0.2, 0.25) is 0 Å². The topological polar surface area (TPSA) is 24.5 Å². The molecular weight excluding hydrogens is 293 g/mol. The molecule has 22 heavy (non-hydrogen) atoms. The minimum Gasteiger partial charge on any atom is -0.497 e. The van der Waals surface area contributed by atoms with Gasteiger partial charge in [-0.05, 0) is 30.2 Å². The molecule has 1 fully saturated rings. The Bertz CT molecular complexity index is 511. The Morgan fingerprint density at radius 2 is 2.00 bits per heavy atom. The highest BCUT2D eigenvalue weighted by atomic mass is 19.4. The molecule has 1 atom stereocenters. The number of hydrogen-bond acceptors (Lipinski definition) is 3. The van der Waals surface area contributed by atoms with Crippen molar-refractivity contribution in [2.24, 2.45) is 0 Å². The predicted octanol–water partition coefficient (Wildman–Crippen LogP) is 3.24. The summed E-state index contributed by atoms with van der Waals surface area (Å²) in [5.74, 6) is 0.231. The van der Waals surface area contributed by atoms with E-state index in [9.17, 15) is 13.2 Å². The van der Waals surface area contributed by atoms with Crippen molar-refractivity contribution in [2.45, 2.75) is 18.6 Å². The second-order valence-electron chi connectivity index (χ2n) is 5.32. The summed E-state index contributed by atoms with van der Waals surface area (Å²) in [6, 6.07) is 3.83. The minimum atomic E-state index is -4.38. The van der Waals surface area contributed by atoms with E-state index in [1.165, 1.54) is 13.2 Å². The second-order valence-corrected chi connectivity index (χ2v) is 5.32. The predicted molar refractivity (Wildman–Crippen MR) is 80.0 cm³/mol. The van der Waals surface area contributed by atoms with Crippen molar-refractivity contribution in [3.05, 3.63) is 42.0 Å². The fourth-order valence-electron chi connectivity index (χ4n) is 2.74. The van der Waals surface area contributed by atoms with E-state index in [0.717, 1.165) is 32.2 Å². The molecule has 1 N–H and O–H groups in total. The zero-order valence-electron chi connectivity index (χ0n) is 12.6. The molecule has 1 saturated heterocycles. The molecule has 2 rings (SSSR count). The van der Waals surface area contributed by atoms with Crippen LogP contribution in [0.5, 0.6) is 5.75 Å². The fraction of sp³-hybridized carbons (Fsp3) is 0.500. The normalized spacial score (nSPS) is 18.0. The molecule has 0 aliphatic carbocycles. The van der Waals surface area contributed by atoms with Crippen molar-refractivity contribution in [3.8, 4) is 5.75 Å². The van der Waals surface area contributed by atoms with Crippen LogP contribution in [0.15, 0.2) is 30.9 Å². The molecule has 0 unspecified atom stereocenters. The summed E-state index contributed by atoms with van der Waals surface area (Å²) in [6.07, 6.45) is -2.03. The number of hydrogen-bond donors (Lipinski definition) is 1. The van der Waals surface area contributed by atoms with E-state index in [4.69, 9.17) is 4.74 Å². The van der Waals surface area contributed by atoms with Gasteiger partial charge in [0.15, 0.2) is 0 Å². The summed E-state index contributed by atoms with van der Waals surface area (Å²) in [4.78, 5) is 2.19. The van der Waals surface area contributed by atoms with Gasteiger partial charge in [-0.1, -0.05) is 6.08 Å². The third-order valence-corrected chi connectivity index (χ3v) is 3.86. The molecule has 1 aliphatic heterocycles. The van der Waals surface area contributed by atoms with E-state index in [0.29, 0.717) is 12.0 Å². The molecule has 0 aromatic heterocycles. The van der Waals surface area contributed by atoms with Crippen molar-refractivity contribution in [1.29, 1.82) is 0 Å². The lowest BCUT2D eigenvalue weighted by Gasteiger charge is -2.35. The number of piperazine rings is 1. The smallest absolute Gasteiger partial charge is 0.416 e. The Morgan fingerprint density at radius 3 is 2.55 bits per heavy atom. The highest BCUT2D eigenvalue weighted by molar-refractivity contribution is 5.38. The van der Waals surface area contributed by atoms with Crippen molar-refractivity contribution >= 4 is 0 Å². The Morgan fingerprint density at radius 1 is 1.32 bits per heavy atom. The van der Waals surface area contributed by atoms with Gasteiger partial charge < -0.3 is 10.1 Å². The molecule has 1 heterocycles. The van der Waals surface area contributed by atoms with Gasteiger partial charge in [-0.2, -0.15) is 13.2 Å². The zero-order chi connectivity index (χ0) is 16.2. The lowest BCUT2D eigenvalue weighted by Crippen LogP contribution is -2.45. The third kappa shape index (κ3) is 4.01. The van der Waals surface area contributed by atoms with Crippen LogP contribution in [0, 0.1) is 0 Å². The maximum absolute atomic E-state index is 13.1. The summed E-state index contributed by atoms with van der Waals surface area (Å²) in [6.45, 7) is 7.02. The van der Waals surface area contributed by atoms with Crippen LogP contribution in [0.4, 0.5) is 13.2 Å². The number of nitrogens with zero attached hydrogens (tertiary/aromatic N) is 1. The lowest BCUT2D eigenvalue weighted by atomic mass is 9.98. The van der Waals surface area contributed by atoms with Crippen LogP contribution in [0.1, 0.15) is 23.6 Å². The summed E-state index contributed by atoms with van der Waals surface area (Å²) >= 11 is 0. The largest absolute Gasteiger partial charge is 0.497 e. The van der Waals surface area contributed by atoms with Gasteiger partial charge in [0.25, 0.3) is 0 Å². The first-order valence-corrected chi connectivity index (χ1v) is 7.27. The SMILES string of the molecule is C=CC[C@@H](c1cc(OC)cc(C(F)(F)F)c1)N1CCNCC1. The summed E-state index contributed by atoms with van der Waals surface area (Å²) in [5.41, 5.74) is -0.0560. The standard InChI is InChI=1S/C16H21F3N2O/c1-3-4-15(21-7-5-20-6-8-21)12-9-13(16(17,18)19)11-14(10-12)22-2/h3,9-11,15,20H,1,4-8H2,2H3/t15-/m0/s1. The van der Waals surface area contributed by atoms with E-state index in [1.807, 2.05) is 0 Å². The molecule has 0 saturated carbocycles. The third-order valence-electron chi connectivity index (χ3n) is 3.86. The van der Waals surface area contributed by atoms with Crippen LogP contribution in [0.3, 0.4) is 0 Å². The highest BCUT2D eigenvalue weighted by Gasteiger charge is 2.32. The molecule has 0 spiro atoms. The first kappa shape index (κ1) is 16.8. The van der Waals surface area contributed by atoms with Crippen LogP contribution in [-0.2, 0) is 6.18 Å². The molecule has 3 nitrogen and oxygen atoms in total. The Labute approximate surface area is 128 Å². The van der Waals surface area contributed by atoms with Gasteiger partial charge in [0, 0.05) is 32.2 Å². The van der Waals surface area contributed by atoms with Crippen LogP contribution in [0.25, 0.3) is 0 Å². The van der Waals surface area contributed by atoms with Crippen LogP contribution >= 0.6 is 0 Å². The van der Waals surface area contributed by atoms with Crippen molar-refractivity contribution in [1.82, 2.24) is 10.2 Å². The summed E-state index contributed by atoms with van der Waals surface area (Å²) in [7, 11) is 1.38. The van der Waals surface area contributed by atoms with Gasteiger partial charge in [-0.15, -0.1) is 6.58 Å². The van der Waals surface area contributed by atoms with Crippen LogP contribution < -0.4 is 10.1 Å². The summed E-state index contributed by atoms with van der Waals surface area (Å²) in [5, 5.41) is 3.25. The van der Waals surface area contributed by atoms with Gasteiger partial charge in [-0.25, -0.2) is 0 Å². The Hall–Kier alpha value is -1.53. The van der Waals surface area contributed by atoms with Crippen molar-refractivity contribution in [2.75, 3.05) is 33.3 Å². The molecule has 6 heteroatoms. The molecule has 1 aromatic rings.